The van der Waals surface area contributed by atoms with Gasteiger partial charge in [-0.2, -0.15) is 0 Å². The molecule has 2 aliphatic carbocycles. The molecule has 70 valence electrons. The Balaban J connectivity index is 2.30. The van der Waals surface area contributed by atoms with E-state index in [0.717, 1.165) is 6.42 Å². The van der Waals surface area contributed by atoms with E-state index in [0.29, 0.717) is 0 Å². The molecule has 13 heavy (non-hydrogen) atoms. The fourth-order valence-electron chi connectivity index (χ4n) is 2.53. The van der Waals surface area contributed by atoms with E-state index in [1.165, 1.54) is 0 Å². The first-order valence-corrected chi connectivity index (χ1v) is 4.29. The van der Waals surface area contributed by atoms with E-state index in [-0.39, 0.29) is 11.8 Å². The number of carboxylic acid groups (broad SMARTS) is 1. The van der Waals surface area contributed by atoms with Gasteiger partial charge in [-0.05, 0) is 18.3 Å². The number of rotatable bonds is 2. The summed E-state index contributed by atoms with van der Waals surface area (Å²) >= 11 is 0. The molecule has 0 heterocycles. The number of nitrogens with two attached hydrogens (primary N) is 1. The Hall–Kier alpha value is -1.32. The zero-order chi connectivity index (χ0) is 9.59. The lowest BCUT2D eigenvalue weighted by molar-refractivity contribution is -0.313. The molecule has 0 unspecified atom stereocenters. The van der Waals surface area contributed by atoms with Gasteiger partial charge in [-0.1, -0.05) is 12.2 Å². The first-order valence-electron chi connectivity index (χ1n) is 4.29. The second-order valence-corrected chi connectivity index (χ2v) is 3.72. The number of hydrogen-bond donors (Lipinski definition) is 1. The van der Waals surface area contributed by atoms with Crippen LogP contribution in [0.25, 0.3) is 0 Å². The molecule has 4 nitrogen and oxygen atoms in total. The topological polar surface area (TPSA) is 83.2 Å². The van der Waals surface area contributed by atoms with Gasteiger partial charge in [0.15, 0.2) is 0 Å². The minimum atomic E-state index is -1.15. The lowest BCUT2D eigenvalue weighted by Crippen LogP contribution is -2.43. The molecular formula is C9H10NO3-. The van der Waals surface area contributed by atoms with Gasteiger partial charge in [-0.3, -0.25) is 4.79 Å². The van der Waals surface area contributed by atoms with Crippen molar-refractivity contribution in [1.29, 1.82) is 0 Å². The summed E-state index contributed by atoms with van der Waals surface area (Å²) in [5.74, 6) is -2.96. The average Bonchev–Trinajstić information content (AvgIpc) is 2.60. The summed E-state index contributed by atoms with van der Waals surface area (Å²) in [6.45, 7) is 0. The third-order valence-corrected chi connectivity index (χ3v) is 3.06. The van der Waals surface area contributed by atoms with E-state index >= 15 is 0 Å². The molecule has 2 rings (SSSR count). The Morgan fingerprint density at radius 1 is 1.23 bits per heavy atom. The minimum absolute atomic E-state index is 0.0189. The molecule has 1 saturated carbocycles. The molecule has 1 amide bonds. The molecule has 2 N–H and O–H groups in total. The van der Waals surface area contributed by atoms with E-state index in [1.54, 1.807) is 0 Å². The van der Waals surface area contributed by atoms with E-state index in [9.17, 15) is 14.7 Å². The number of carbonyl (C=O) groups is 2. The third kappa shape index (κ3) is 1.05. The number of aliphatic carboxylic acids is 1. The summed E-state index contributed by atoms with van der Waals surface area (Å²) in [6, 6.07) is 0. The van der Waals surface area contributed by atoms with Crippen molar-refractivity contribution < 1.29 is 14.7 Å². The fourth-order valence-corrected chi connectivity index (χ4v) is 2.53. The van der Waals surface area contributed by atoms with Crippen molar-refractivity contribution in [2.45, 2.75) is 6.42 Å². The van der Waals surface area contributed by atoms with Crippen molar-refractivity contribution in [3.63, 3.8) is 0 Å². The third-order valence-electron chi connectivity index (χ3n) is 3.06. The van der Waals surface area contributed by atoms with Crippen LogP contribution in [-0.4, -0.2) is 11.9 Å². The highest BCUT2D eigenvalue weighted by molar-refractivity contribution is 5.85. The molecule has 0 aromatic heterocycles. The van der Waals surface area contributed by atoms with Crippen molar-refractivity contribution >= 4 is 11.9 Å². The standard InChI is InChI=1S/C9H11NO3/c10-8(11)6-4-1-2-5(3-4)7(6)9(12)13/h1-2,4-7H,3H2,(H2,10,11)(H,12,13)/p-1/t4-,5-,6+,7+/m1/s1. The molecule has 0 saturated heterocycles. The van der Waals surface area contributed by atoms with Crippen molar-refractivity contribution in [2.24, 2.45) is 29.4 Å². The first kappa shape index (κ1) is 8.29. The molecule has 2 bridgehead atoms. The summed E-state index contributed by atoms with van der Waals surface area (Å²) in [6.07, 6.45) is 4.47. The van der Waals surface area contributed by atoms with Gasteiger partial charge in [0.25, 0.3) is 0 Å². The predicted octanol–water partition coefficient (Wildman–Crippen LogP) is -1.34. The number of fused-ring (bicyclic) bond motifs is 2. The summed E-state index contributed by atoms with van der Waals surface area (Å²) in [5, 5.41) is 10.8. The summed E-state index contributed by atoms with van der Waals surface area (Å²) in [7, 11) is 0. The maximum absolute atomic E-state index is 11.0. The van der Waals surface area contributed by atoms with E-state index in [2.05, 4.69) is 0 Å². The van der Waals surface area contributed by atoms with Crippen LogP contribution in [0.15, 0.2) is 12.2 Å². The van der Waals surface area contributed by atoms with Crippen LogP contribution in [0.5, 0.6) is 0 Å². The van der Waals surface area contributed by atoms with Crippen LogP contribution >= 0.6 is 0 Å². The molecule has 0 radical (unpaired) electrons. The number of primary amides is 1. The van der Waals surface area contributed by atoms with Crippen molar-refractivity contribution in [3.8, 4) is 0 Å². The van der Waals surface area contributed by atoms with Gasteiger partial charge in [-0.25, -0.2) is 0 Å². The molecule has 1 fully saturated rings. The Labute approximate surface area is 75.4 Å². The molecule has 2 aliphatic rings. The Morgan fingerprint density at radius 3 is 2.15 bits per heavy atom. The van der Waals surface area contributed by atoms with E-state index in [1.807, 2.05) is 12.2 Å². The zero-order valence-electron chi connectivity index (χ0n) is 6.97. The lowest BCUT2D eigenvalue weighted by Gasteiger charge is -2.25. The fraction of sp³-hybridized carbons (Fsp3) is 0.556. The molecule has 0 aromatic rings. The van der Waals surface area contributed by atoms with Crippen LogP contribution in [0.1, 0.15) is 6.42 Å². The van der Waals surface area contributed by atoms with Crippen LogP contribution in [-0.2, 0) is 9.59 Å². The lowest BCUT2D eigenvalue weighted by atomic mass is 9.83. The monoisotopic (exact) mass is 180 g/mol. The first-order chi connectivity index (χ1) is 6.11. The summed E-state index contributed by atoms with van der Waals surface area (Å²) in [5.41, 5.74) is 5.15. The smallest absolute Gasteiger partial charge is 0.221 e. The van der Waals surface area contributed by atoms with Gasteiger partial charge in [0.2, 0.25) is 5.91 Å². The van der Waals surface area contributed by atoms with Crippen molar-refractivity contribution in [3.05, 3.63) is 12.2 Å². The average molecular weight is 180 g/mol. The number of allylic oxidation sites excluding steroid dienone is 2. The van der Waals surface area contributed by atoms with Crippen molar-refractivity contribution in [1.82, 2.24) is 0 Å². The van der Waals surface area contributed by atoms with Crippen LogP contribution in [0.3, 0.4) is 0 Å². The van der Waals surface area contributed by atoms with Crippen LogP contribution < -0.4 is 10.8 Å². The Morgan fingerprint density at radius 2 is 1.77 bits per heavy atom. The molecule has 0 aromatic carbocycles. The van der Waals surface area contributed by atoms with E-state index < -0.39 is 23.7 Å². The highest BCUT2D eigenvalue weighted by atomic mass is 16.4. The maximum atomic E-state index is 11.0. The van der Waals surface area contributed by atoms with E-state index in [4.69, 9.17) is 5.73 Å². The number of hydrogen-bond acceptors (Lipinski definition) is 3. The molecule has 0 aliphatic heterocycles. The Bertz CT molecular complexity index is 269. The van der Waals surface area contributed by atoms with Gasteiger partial charge >= 0.3 is 0 Å². The predicted molar refractivity (Wildman–Crippen MR) is 41.9 cm³/mol. The normalized spacial score (nSPS) is 40.9. The second kappa shape index (κ2) is 2.58. The highest BCUT2D eigenvalue weighted by Gasteiger charge is 2.47. The minimum Gasteiger partial charge on any atom is -0.550 e. The van der Waals surface area contributed by atoms with Gasteiger partial charge in [0.05, 0.1) is 5.92 Å². The van der Waals surface area contributed by atoms with Crippen LogP contribution in [0.2, 0.25) is 0 Å². The van der Waals surface area contributed by atoms with Crippen molar-refractivity contribution in [2.75, 3.05) is 0 Å². The molecule has 4 atom stereocenters. The number of carbonyl (C=O) groups excluding carboxylic acids is 2. The van der Waals surface area contributed by atoms with Crippen LogP contribution in [0.4, 0.5) is 0 Å². The zero-order valence-corrected chi connectivity index (χ0v) is 6.97. The summed E-state index contributed by atoms with van der Waals surface area (Å²) in [4.78, 5) is 21.8. The SMILES string of the molecule is NC(=O)[C@@H]1[C@@H](C(=O)[O-])[C@@H]2C=C[C@@H]1C2. The number of amides is 1. The van der Waals surface area contributed by atoms with Crippen LogP contribution in [0, 0.1) is 23.7 Å². The quantitative estimate of drug-likeness (QED) is 0.534. The summed E-state index contributed by atoms with van der Waals surface area (Å²) < 4.78 is 0. The molecule has 0 spiro atoms. The maximum Gasteiger partial charge on any atom is 0.221 e. The Kier molecular flexibility index (Phi) is 1.65. The highest BCUT2D eigenvalue weighted by Crippen LogP contribution is 2.47. The second-order valence-electron chi connectivity index (χ2n) is 3.72. The molecule has 4 heteroatoms. The largest absolute Gasteiger partial charge is 0.550 e. The van der Waals surface area contributed by atoms with Gasteiger partial charge < -0.3 is 15.6 Å². The van der Waals surface area contributed by atoms with Gasteiger partial charge in [-0.15, -0.1) is 0 Å². The van der Waals surface area contributed by atoms with Gasteiger partial charge in [0, 0.05) is 11.9 Å². The number of carboxylic acids is 1. The molecular weight excluding hydrogens is 170 g/mol. The van der Waals surface area contributed by atoms with Gasteiger partial charge in [0.1, 0.15) is 0 Å².